The molecule has 4 aliphatic rings. The monoisotopic (exact) mass is 383 g/mol. The molecule has 124 valence electrons. The molecule has 23 heavy (non-hydrogen) atoms. The summed E-state index contributed by atoms with van der Waals surface area (Å²) < 4.78 is 27.1. The molecule has 2 unspecified atom stereocenters. The van der Waals surface area contributed by atoms with Gasteiger partial charge in [-0.25, -0.2) is 8.78 Å². The van der Waals surface area contributed by atoms with E-state index in [2.05, 4.69) is 21.2 Å². The Morgan fingerprint density at radius 3 is 2.57 bits per heavy atom. The summed E-state index contributed by atoms with van der Waals surface area (Å²) in [7, 11) is 0. The lowest BCUT2D eigenvalue weighted by atomic mass is 9.48. The van der Waals surface area contributed by atoms with Crippen LogP contribution < -0.4 is 5.32 Å². The van der Waals surface area contributed by atoms with E-state index in [0.717, 1.165) is 37.5 Å². The molecule has 0 aliphatic heterocycles. The number of alkyl halides is 1. The predicted molar refractivity (Wildman–Crippen MR) is 88.4 cm³/mol. The second-order valence-corrected chi connectivity index (χ2v) is 9.64. The molecule has 4 saturated carbocycles. The molecule has 2 nitrogen and oxygen atoms in total. The van der Waals surface area contributed by atoms with E-state index in [0.29, 0.717) is 18.3 Å². The van der Waals surface area contributed by atoms with Gasteiger partial charge >= 0.3 is 0 Å². The van der Waals surface area contributed by atoms with Crippen LogP contribution in [0, 0.1) is 28.9 Å². The Hall–Kier alpha value is -0.970. The zero-order valence-corrected chi connectivity index (χ0v) is 14.5. The third-order valence-electron chi connectivity index (χ3n) is 5.85. The standard InChI is InChI=1S/C18H20BrF2NO/c19-18-7-11-3-12(8-18)6-17(5-11,10-18)9-16(23)22-15-4-13(20)1-2-14(15)21/h1-2,4,11-12H,3,5-10H2,(H,22,23). The zero-order valence-electron chi connectivity index (χ0n) is 12.9. The van der Waals surface area contributed by atoms with Gasteiger partial charge in [-0.3, -0.25) is 4.79 Å². The van der Waals surface area contributed by atoms with Crippen molar-refractivity contribution in [2.75, 3.05) is 5.32 Å². The molecule has 1 N–H and O–H groups in total. The van der Waals surface area contributed by atoms with E-state index in [1.165, 1.54) is 19.3 Å². The first-order valence-electron chi connectivity index (χ1n) is 8.29. The number of hydrogen-bond donors (Lipinski definition) is 1. The highest BCUT2D eigenvalue weighted by atomic mass is 79.9. The lowest BCUT2D eigenvalue weighted by Crippen LogP contribution is -2.53. The average Bonchev–Trinajstić information content (AvgIpc) is 2.39. The quantitative estimate of drug-likeness (QED) is 0.728. The van der Waals surface area contributed by atoms with Crippen LogP contribution in [0.4, 0.5) is 14.5 Å². The van der Waals surface area contributed by atoms with Crippen LogP contribution in [0.3, 0.4) is 0 Å². The van der Waals surface area contributed by atoms with Crippen molar-refractivity contribution in [3.8, 4) is 0 Å². The second kappa shape index (κ2) is 5.27. The van der Waals surface area contributed by atoms with E-state index >= 15 is 0 Å². The van der Waals surface area contributed by atoms with Gasteiger partial charge in [0.25, 0.3) is 0 Å². The molecule has 5 heteroatoms. The first-order chi connectivity index (χ1) is 10.8. The van der Waals surface area contributed by atoms with Crippen LogP contribution in [0.25, 0.3) is 0 Å². The van der Waals surface area contributed by atoms with E-state index in [4.69, 9.17) is 0 Å². The predicted octanol–water partition coefficient (Wildman–Crippen LogP) is 5.03. The summed E-state index contributed by atoms with van der Waals surface area (Å²) in [6.07, 6.45) is 7.33. The van der Waals surface area contributed by atoms with Crippen LogP contribution >= 0.6 is 15.9 Å². The zero-order chi connectivity index (χ0) is 16.2. The van der Waals surface area contributed by atoms with Crippen LogP contribution in [0.5, 0.6) is 0 Å². The fourth-order valence-corrected chi connectivity index (χ4v) is 7.18. The van der Waals surface area contributed by atoms with Crippen molar-refractivity contribution in [3.63, 3.8) is 0 Å². The maximum atomic E-state index is 13.7. The minimum atomic E-state index is -0.595. The third-order valence-corrected chi connectivity index (χ3v) is 6.78. The maximum absolute atomic E-state index is 13.7. The van der Waals surface area contributed by atoms with Gasteiger partial charge in [-0.15, -0.1) is 0 Å². The van der Waals surface area contributed by atoms with E-state index in [9.17, 15) is 13.6 Å². The van der Waals surface area contributed by atoms with Crippen molar-refractivity contribution in [2.45, 2.75) is 49.3 Å². The molecular weight excluding hydrogens is 364 g/mol. The van der Waals surface area contributed by atoms with Crippen LogP contribution in [0.2, 0.25) is 0 Å². The van der Waals surface area contributed by atoms with Gasteiger partial charge in [-0.2, -0.15) is 0 Å². The molecule has 5 rings (SSSR count). The highest BCUT2D eigenvalue weighted by Crippen LogP contribution is 2.65. The van der Waals surface area contributed by atoms with Gasteiger partial charge in [0.15, 0.2) is 0 Å². The number of halogens is 3. The smallest absolute Gasteiger partial charge is 0.225 e. The molecule has 1 aromatic rings. The summed E-state index contributed by atoms with van der Waals surface area (Å²) in [5.74, 6) is 0.0642. The van der Waals surface area contributed by atoms with Crippen molar-refractivity contribution < 1.29 is 13.6 Å². The fraction of sp³-hybridized carbons (Fsp3) is 0.611. The normalized spacial score (nSPS) is 37.9. The number of carbonyl (C=O) groups excluding carboxylic acids is 1. The molecule has 4 fully saturated rings. The summed E-state index contributed by atoms with van der Waals surface area (Å²) in [5.41, 5.74) is -0.0325. The molecule has 2 atom stereocenters. The third kappa shape index (κ3) is 2.92. The van der Waals surface area contributed by atoms with Crippen LogP contribution in [0.15, 0.2) is 18.2 Å². The fourth-order valence-electron chi connectivity index (χ4n) is 5.67. The SMILES string of the molecule is O=C(CC12CC3CC(CC(Br)(C3)C1)C2)Nc1cc(F)ccc1F. The lowest BCUT2D eigenvalue weighted by Gasteiger charge is -2.60. The Kier molecular flexibility index (Phi) is 3.56. The Bertz CT molecular complexity index is 648. The number of benzene rings is 1. The van der Waals surface area contributed by atoms with E-state index in [1.54, 1.807) is 0 Å². The van der Waals surface area contributed by atoms with Gasteiger partial charge in [-0.1, -0.05) is 15.9 Å². The molecule has 0 saturated heterocycles. The number of anilines is 1. The van der Waals surface area contributed by atoms with Gasteiger partial charge in [-0.05, 0) is 67.9 Å². The Morgan fingerprint density at radius 1 is 1.22 bits per heavy atom. The minimum Gasteiger partial charge on any atom is -0.323 e. The molecule has 4 aliphatic carbocycles. The number of amides is 1. The molecule has 4 bridgehead atoms. The molecule has 1 amide bonds. The highest BCUT2D eigenvalue weighted by molar-refractivity contribution is 9.10. The average molecular weight is 384 g/mol. The van der Waals surface area contributed by atoms with Crippen LogP contribution in [-0.4, -0.2) is 10.2 Å². The summed E-state index contributed by atoms with van der Waals surface area (Å²) in [4.78, 5) is 12.4. The van der Waals surface area contributed by atoms with Gasteiger partial charge in [0.1, 0.15) is 11.6 Å². The van der Waals surface area contributed by atoms with E-state index < -0.39 is 11.6 Å². The van der Waals surface area contributed by atoms with Crippen LogP contribution in [0.1, 0.15) is 44.9 Å². The maximum Gasteiger partial charge on any atom is 0.225 e. The molecular formula is C18H20BrF2NO. The Morgan fingerprint density at radius 2 is 1.91 bits per heavy atom. The second-order valence-electron chi connectivity index (χ2n) is 7.96. The van der Waals surface area contributed by atoms with Crippen molar-refractivity contribution in [3.05, 3.63) is 29.8 Å². The first-order valence-corrected chi connectivity index (χ1v) is 9.08. The Balaban J connectivity index is 1.49. The van der Waals surface area contributed by atoms with Crippen molar-refractivity contribution >= 4 is 27.5 Å². The molecule has 0 heterocycles. The highest BCUT2D eigenvalue weighted by Gasteiger charge is 2.57. The van der Waals surface area contributed by atoms with Crippen molar-refractivity contribution in [2.24, 2.45) is 17.3 Å². The first kappa shape index (κ1) is 15.6. The number of hydrogen-bond acceptors (Lipinski definition) is 1. The van der Waals surface area contributed by atoms with Crippen molar-refractivity contribution in [1.29, 1.82) is 0 Å². The summed E-state index contributed by atoms with van der Waals surface area (Å²) in [6.45, 7) is 0. The largest absolute Gasteiger partial charge is 0.323 e. The number of rotatable bonds is 3. The van der Waals surface area contributed by atoms with Gasteiger partial charge in [0.2, 0.25) is 5.91 Å². The Labute approximate surface area is 143 Å². The van der Waals surface area contributed by atoms with E-state index in [1.807, 2.05) is 0 Å². The molecule has 0 aromatic heterocycles. The topological polar surface area (TPSA) is 29.1 Å². The molecule has 0 radical (unpaired) electrons. The number of carbonyl (C=O) groups is 1. The van der Waals surface area contributed by atoms with E-state index in [-0.39, 0.29) is 21.3 Å². The van der Waals surface area contributed by atoms with Crippen LogP contribution in [-0.2, 0) is 4.79 Å². The summed E-state index contributed by atoms with van der Waals surface area (Å²) >= 11 is 3.93. The molecule has 1 aromatic carbocycles. The minimum absolute atomic E-state index is 0.0292. The lowest BCUT2D eigenvalue weighted by molar-refractivity contribution is -0.123. The van der Waals surface area contributed by atoms with Gasteiger partial charge < -0.3 is 5.32 Å². The van der Waals surface area contributed by atoms with Crippen molar-refractivity contribution in [1.82, 2.24) is 0 Å². The summed E-state index contributed by atoms with van der Waals surface area (Å²) in [5, 5.41) is 2.57. The summed E-state index contributed by atoms with van der Waals surface area (Å²) in [6, 6.07) is 3.14. The number of nitrogens with one attached hydrogen (secondary N) is 1. The molecule has 0 spiro atoms. The van der Waals surface area contributed by atoms with Gasteiger partial charge in [0.05, 0.1) is 5.69 Å². The van der Waals surface area contributed by atoms with Gasteiger partial charge in [0, 0.05) is 16.8 Å².